The maximum absolute atomic E-state index is 14.4. The minimum absolute atomic E-state index is 0.00401. The lowest BCUT2D eigenvalue weighted by Gasteiger charge is -2.31. The quantitative estimate of drug-likeness (QED) is 0.0401. The summed E-state index contributed by atoms with van der Waals surface area (Å²) in [4.78, 5) is 95.0. The first kappa shape index (κ1) is 56.0. The molecule has 5 heterocycles. The number of esters is 1. The van der Waals surface area contributed by atoms with Gasteiger partial charge in [-0.3, -0.25) is 33.9 Å². The normalized spacial score (nSPS) is 19.3. The molecule has 1 unspecified atom stereocenters. The van der Waals surface area contributed by atoms with E-state index >= 15 is 0 Å². The molecule has 1 aromatic heterocycles. The maximum Gasteiger partial charge on any atom is 0.416 e. The van der Waals surface area contributed by atoms with Crippen molar-refractivity contribution in [3.63, 3.8) is 0 Å². The lowest BCUT2D eigenvalue weighted by atomic mass is 9.91. The summed E-state index contributed by atoms with van der Waals surface area (Å²) < 4.78 is 35.0. The number of methoxy groups -OCH3 is 2. The minimum atomic E-state index is -1.45. The van der Waals surface area contributed by atoms with Crippen LogP contribution in [0, 0.1) is 17.3 Å². The number of aliphatic hydroxyl groups excluding tert-OH is 1. The summed E-state index contributed by atoms with van der Waals surface area (Å²) in [7, 11) is 3.00. The summed E-state index contributed by atoms with van der Waals surface area (Å²) in [5.74, 6) is -1.08. The van der Waals surface area contributed by atoms with Gasteiger partial charge in [-0.05, 0) is 115 Å². The zero-order valence-corrected chi connectivity index (χ0v) is 46.3. The van der Waals surface area contributed by atoms with Crippen LogP contribution in [0.3, 0.4) is 0 Å². The van der Waals surface area contributed by atoms with Gasteiger partial charge in [-0.1, -0.05) is 56.8 Å². The van der Waals surface area contributed by atoms with Gasteiger partial charge in [0.1, 0.15) is 13.2 Å². The number of Topliss-reactive ketones (excluding diaryl/α,β-unsaturated/α-hetero) is 1. The van der Waals surface area contributed by atoms with Crippen LogP contribution in [-0.4, -0.2) is 125 Å². The summed E-state index contributed by atoms with van der Waals surface area (Å²) in [6.07, 6.45) is 9.20. The van der Waals surface area contributed by atoms with Gasteiger partial charge >= 0.3 is 12.1 Å². The van der Waals surface area contributed by atoms with Gasteiger partial charge in [-0.2, -0.15) is 0 Å². The molecule has 2 fully saturated rings. The molecule has 1 aliphatic carbocycles. The number of aryl methyl sites for hydroxylation is 1. The Hall–Kier alpha value is -8.32. The van der Waals surface area contributed by atoms with E-state index in [0.717, 1.165) is 58.3 Å². The van der Waals surface area contributed by atoms with Crippen molar-refractivity contribution in [2.75, 3.05) is 45.5 Å². The van der Waals surface area contributed by atoms with Gasteiger partial charge in [0.25, 0.3) is 11.8 Å². The average molecular weight is 1110 g/mol. The van der Waals surface area contributed by atoms with E-state index < -0.39 is 42.2 Å². The molecule has 19 nitrogen and oxygen atoms in total. The molecule has 10 rings (SSSR count). The van der Waals surface area contributed by atoms with Crippen LogP contribution in [0.5, 0.6) is 23.0 Å². The fourth-order valence-corrected chi connectivity index (χ4v) is 11.4. The summed E-state index contributed by atoms with van der Waals surface area (Å²) >= 11 is 0. The Morgan fingerprint density at radius 1 is 0.840 bits per heavy atom. The number of ketones is 1. The second kappa shape index (κ2) is 23.8. The van der Waals surface area contributed by atoms with Crippen molar-refractivity contribution in [1.82, 2.24) is 25.1 Å². The standard InChI is InChI=1S/C62H68N6O13/c1-7-21-80-56(70)30-44(36(2)3)57(71)65-37(4)51(69)24-38-9-11-39(12-10-38)34-81-61(75)68-49-31-55(53(77-6)29-46(49)59(73)67-35-62(17-18-62)32-50(67)60(68)74)79-23-8-22-78-54-27-41-13-15-43-25-42(33-66(43)58(72)45(41)28-52(54)76-5)40-14-16-47-48(26-40)64-20-19-63-47/h7,9-12,14,16,19-20,26-29,31,33,36-37,43-44,50,60,74H,1,8,13,15,17-18,21-25,30,32,34-35H2,2-6H3,(H,65,71)/t37-,43+,44-,50-,60?/m0/s1. The Balaban J connectivity index is 0.779. The Morgan fingerprint density at radius 3 is 2.22 bits per heavy atom. The number of fused-ring (bicyclic) bond motifs is 5. The second-order valence-electron chi connectivity index (χ2n) is 22.0. The number of aliphatic hydroxyl groups is 1. The van der Waals surface area contributed by atoms with Crippen LogP contribution >= 0.6 is 0 Å². The molecule has 2 N–H and O–H groups in total. The molecule has 1 saturated carbocycles. The van der Waals surface area contributed by atoms with E-state index in [0.29, 0.717) is 54.0 Å². The highest BCUT2D eigenvalue weighted by atomic mass is 16.6. The molecule has 5 atom stereocenters. The van der Waals surface area contributed by atoms with Crippen LogP contribution in [0.15, 0.2) is 98.0 Å². The van der Waals surface area contributed by atoms with E-state index in [1.54, 1.807) is 54.5 Å². The van der Waals surface area contributed by atoms with Crippen molar-refractivity contribution in [3.8, 4) is 23.0 Å². The van der Waals surface area contributed by atoms with Gasteiger partial charge < -0.3 is 48.6 Å². The first-order valence-corrected chi connectivity index (χ1v) is 27.6. The predicted molar refractivity (Wildman–Crippen MR) is 299 cm³/mol. The number of hydrogen-bond donors (Lipinski definition) is 2. The highest BCUT2D eigenvalue weighted by Crippen LogP contribution is 2.57. The fraction of sp³-hybridized carbons (Fsp3) is 0.419. The number of carbonyl (C=O) groups is 6. The SMILES string of the molecule is C=CCOC(=O)C[C@H](C(=O)N[C@@H](C)C(=O)Cc1ccc(COC(=O)N2c3cc(OCCCOc4cc5c(cc4OC)C(=O)N4C=C(c6ccc7nccnc7c6)C[C@H]4CC5)c(OC)cc3C(=O)N3CC4(CC4)C[C@H]3C2O)cc1)C(C)C. The largest absolute Gasteiger partial charge is 0.493 e. The van der Waals surface area contributed by atoms with Crippen LogP contribution in [0.4, 0.5) is 10.5 Å². The van der Waals surface area contributed by atoms with Crippen LogP contribution in [0.1, 0.15) is 109 Å². The molecule has 0 bridgehead atoms. The summed E-state index contributed by atoms with van der Waals surface area (Å²) in [6, 6.07) is 18.1. The van der Waals surface area contributed by atoms with Crippen molar-refractivity contribution in [2.24, 2.45) is 17.3 Å². The lowest BCUT2D eigenvalue weighted by molar-refractivity contribution is -0.146. The van der Waals surface area contributed by atoms with Gasteiger partial charge in [0.2, 0.25) is 5.91 Å². The van der Waals surface area contributed by atoms with Crippen LogP contribution < -0.4 is 29.2 Å². The number of aromatic nitrogens is 2. The van der Waals surface area contributed by atoms with E-state index in [2.05, 4.69) is 21.9 Å². The first-order valence-electron chi connectivity index (χ1n) is 27.6. The van der Waals surface area contributed by atoms with Crippen molar-refractivity contribution >= 4 is 57.9 Å². The number of nitrogens with one attached hydrogen (secondary N) is 1. The molecule has 81 heavy (non-hydrogen) atoms. The molecular weight excluding hydrogens is 1040 g/mol. The molecule has 0 radical (unpaired) electrons. The van der Waals surface area contributed by atoms with Crippen LogP contribution in [-0.2, 0) is 43.3 Å². The fourth-order valence-electron chi connectivity index (χ4n) is 11.4. The van der Waals surface area contributed by atoms with Gasteiger partial charge in [0.05, 0.1) is 74.1 Å². The predicted octanol–water partition coefficient (Wildman–Crippen LogP) is 8.17. The van der Waals surface area contributed by atoms with Gasteiger partial charge in [0.15, 0.2) is 35.0 Å². The van der Waals surface area contributed by atoms with Gasteiger partial charge in [-0.15, -0.1) is 0 Å². The number of rotatable bonds is 21. The highest BCUT2D eigenvalue weighted by molar-refractivity contribution is 6.06. The summed E-state index contributed by atoms with van der Waals surface area (Å²) in [5, 5.41) is 14.9. The molecule has 4 amide bonds. The molecule has 1 saturated heterocycles. The summed E-state index contributed by atoms with van der Waals surface area (Å²) in [6.45, 7) is 9.43. The topological polar surface area (TPSA) is 226 Å². The minimum Gasteiger partial charge on any atom is -0.493 e. The van der Waals surface area contributed by atoms with Crippen molar-refractivity contribution in [2.45, 2.75) is 110 Å². The van der Waals surface area contributed by atoms with E-state index in [1.165, 1.54) is 32.4 Å². The Kier molecular flexibility index (Phi) is 16.4. The third kappa shape index (κ3) is 11.9. The second-order valence-corrected chi connectivity index (χ2v) is 22.0. The van der Waals surface area contributed by atoms with E-state index in [9.17, 15) is 33.9 Å². The van der Waals surface area contributed by atoms with Crippen LogP contribution in [0.2, 0.25) is 0 Å². The smallest absolute Gasteiger partial charge is 0.416 e. The van der Waals surface area contributed by atoms with Gasteiger partial charge in [-0.25, -0.2) is 9.69 Å². The third-order valence-corrected chi connectivity index (χ3v) is 16.2. The third-order valence-electron chi connectivity index (χ3n) is 16.2. The lowest BCUT2D eigenvalue weighted by Crippen LogP contribution is -2.50. The molecule has 5 aromatic rings. The molecular formula is C62H68N6O13. The average Bonchev–Trinajstić information content (AvgIpc) is 3.04. The van der Waals surface area contributed by atoms with Gasteiger partial charge in [0, 0.05) is 55.7 Å². The number of benzene rings is 4. The molecule has 4 aliphatic heterocycles. The first-order chi connectivity index (χ1) is 39.1. The number of amides is 4. The number of nitrogens with zero attached hydrogens (tertiary/aromatic N) is 5. The zero-order chi connectivity index (χ0) is 57.1. The van der Waals surface area contributed by atoms with Crippen molar-refractivity contribution < 1.29 is 62.3 Å². The number of hydrogen-bond acceptors (Lipinski definition) is 15. The number of carbonyl (C=O) groups excluding carboxylic acids is 6. The van der Waals surface area contributed by atoms with Crippen molar-refractivity contribution in [3.05, 3.63) is 131 Å². The number of ether oxygens (including phenoxy) is 6. The molecule has 424 valence electrons. The maximum atomic E-state index is 14.4. The van der Waals surface area contributed by atoms with E-state index in [4.69, 9.17) is 28.4 Å². The Morgan fingerprint density at radius 2 is 1.53 bits per heavy atom. The monoisotopic (exact) mass is 1100 g/mol. The Bertz CT molecular complexity index is 3300. The molecule has 4 aromatic carbocycles. The van der Waals surface area contributed by atoms with Crippen molar-refractivity contribution in [1.29, 1.82) is 0 Å². The Labute approximate surface area is 470 Å². The molecule has 1 spiro atoms. The van der Waals surface area contributed by atoms with E-state index in [-0.39, 0.29) is 97.0 Å². The molecule has 19 heteroatoms. The highest BCUT2D eigenvalue weighted by Gasteiger charge is 2.58. The summed E-state index contributed by atoms with van der Waals surface area (Å²) in [5.41, 5.74) is 6.54. The van der Waals surface area contributed by atoms with Crippen LogP contribution in [0.25, 0.3) is 16.6 Å². The van der Waals surface area contributed by atoms with E-state index in [1.807, 2.05) is 49.2 Å². The zero-order valence-electron chi connectivity index (χ0n) is 46.3. The molecule has 5 aliphatic rings. The number of anilines is 1.